The third kappa shape index (κ3) is 3.96. The molecule has 6 N–H and O–H groups in total. The molecule has 30 heavy (non-hydrogen) atoms. The molecule has 3 aromatic rings. The summed E-state index contributed by atoms with van der Waals surface area (Å²) in [6.45, 7) is 0. The van der Waals surface area contributed by atoms with Crippen LogP contribution < -0.4 is 16.3 Å². The van der Waals surface area contributed by atoms with Gasteiger partial charge in [-0.2, -0.15) is 14.9 Å². The van der Waals surface area contributed by atoms with Crippen LogP contribution in [0.25, 0.3) is 11.3 Å². The van der Waals surface area contributed by atoms with E-state index in [0.717, 1.165) is 16.7 Å². The highest BCUT2D eigenvalue weighted by Gasteiger charge is 2.21. The topological polar surface area (TPSA) is 149 Å². The van der Waals surface area contributed by atoms with Crippen LogP contribution in [0.1, 0.15) is 11.1 Å². The van der Waals surface area contributed by atoms with Gasteiger partial charge in [0.15, 0.2) is 12.1 Å². The van der Waals surface area contributed by atoms with Crippen molar-refractivity contribution in [2.24, 2.45) is 10.2 Å². The van der Waals surface area contributed by atoms with Gasteiger partial charge in [0.2, 0.25) is 10.0 Å². The summed E-state index contributed by atoms with van der Waals surface area (Å²) in [4.78, 5) is 0.0459. The minimum absolute atomic E-state index is 0.0459. The van der Waals surface area contributed by atoms with Crippen LogP contribution in [0.2, 0.25) is 0 Å². The van der Waals surface area contributed by atoms with Crippen molar-refractivity contribution in [2.45, 2.75) is 17.5 Å². The lowest BCUT2D eigenvalue weighted by molar-refractivity contribution is 0.185. The fraction of sp³-hybridized carbons (Fsp3) is 0.100. The second-order valence-electron chi connectivity index (χ2n) is 6.76. The van der Waals surface area contributed by atoms with E-state index in [-0.39, 0.29) is 4.90 Å². The van der Waals surface area contributed by atoms with Gasteiger partial charge < -0.3 is 10.8 Å². The number of primary sulfonamides is 1. The number of nitrogens with two attached hydrogens (primary N) is 2. The molecule has 10 heteroatoms. The molecule has 4 rings (SSSR count). The average Bonchev–Trinajstić information content (AvgIpc) is 3.05. The predicted octanol–water partition coefficient (Wildman–Crippen LogP) is 1.01. The number of allylic oxidation sites excluding steroid dienone is 1. The molecule has 0 amide bonds. The summed E-state index contributed by atoms with van der Waals surface area (Å²) in [5.74, 6) is 0.830. The highest BCUT2D eigenvalue weighted by molar-refractivity contribution is 7.89. The molecule has 0 bridgehead atoms. The van der Waals surface area contributed by atoms with Gasteiger partial charge >= 0.3 is 0 Å². The maximum atomic E-state index is 11.5. The van der Waals surface area contributed by atoms with Gasteiger partial charge in [-0.25, -0.2) is 13.6 Å². The number of nitrogens with zero attached hydrogens (tertiary/aromatic N) is 3. The van der Waals surface area contributed by atoms with Crippen molar-refractivity contribution in [1.29, 1.82) is 0 Å². The molecule has 1 aromatic heterocycles. The number of hydrogen-bond donors (Lipinski definition) is 4. The summed E-state index contributed by atoms with van der Waals surface area (Å²) in [7, 11) is -3.76. The first kappa shape index (κ1) is 19.8. The third-order valence-corrected chi connectivity index (χ3v) is 5.59. The Hall–Kier alpha value is -3.47. The Morgan fingerprint density at radius 3 is 2.40 bits per heavy atom. The van der Waals surface area contributed by atoms with Crippen LogP contribution in [0, 0.1) is 0 Å². The molecule has 1 aliphatic rings. The average molecular weight is 424 g/mol. The minimum Gasteiger partial charge on any atom is -0.383 e. The van der Waals surface area contributed by atoms with Gasteiger partial charge in [0.25, 0.3) is 0 Å². The molecular weight excluding hydrogens is 404 g/mol. The lowest BCUT2D eigenvalue weighted by Crippen LogP contribution is -2.29. The molecule has 0 saturated heterocycles. The Labute approximate surface area is 173 Å². The molecule has 1 aliphatic heterocycles. The van der Waals surface area contributed by atoms with Crippen LogP contribution in [0.5, 0.6) is 0 Å². The van der Waals surface area contributed by atoms with Crippen molar-refractivity contribution in [1.82, 2.24) is 15.2 Å². The SMILES string of the molecule is Nc1c(Cc2ccc(S(N)(=O)=O)cc2)c(-c2ccccc2)nn1C1=NNC(O)C=C1. The van der Waals surface area contributed by atoms with Crippen molar-refractivity contribution in [2.75, 3.05) is 5.73 Å². The van der Waals surface area contributed by atoms with E-state index in [0.29, 0.717) is 23.8 Å². The van der Waals surface area contributed by atoms with Gasteiger partial charge in [-0.1, -0.05) is 42.5 Å². The van der Waals surface area contributed by atoms with Gasteiger partial charge in [0.05, 0.1) is 10.6 Å². The second-order valence-corrected chi connectivity index (χ2v) is 8.32. The van der Waals surface area contributed by atoms with E-state index in [1.807, 2.05) is 30.3 Å². The molecule has 0 aliphatic carbocycles. The lowest BCUT2D eigenvalue weighted by Gasteiger charge is -2.13. The normalized spacial score (nSPS) is 16.2. The number of hydrazone groups is 1. The fourth-order valence-electron chi connectivity index (χ4n) is 3.15. The van der Waals surface area contributed by atoms with Gasteiger partial charge in [0.1, 0.15) is 5.82 Å². The molecule has 2 aromatic carbocycles. The summed E-state index contributed by atoms with van der Waals surface area (Å²) < 4.78 is 24.5. The van der Waals surface area contributed by atoms with Gasteiger partial charge in [-0.05, 0) is 29.8 Å². The van der Waals surface area contributed by atoms with E-state index in [4.69, 9.17) is 10.9 Å². The van der Waals surface area contributed by atoms with Crippen molar-refractivity contribution >= 4 is 21.7 Å². The Morgan fingerprint density at radius 1 is 1.10 bits per heavy atom. The monoisotopic (exact) mass is 424 g/mol. The number of nitrogens with one attached hydrogen (secondary N) is 1. The number of hydrogen-bond acceptors (Lipinski definition) is 7. The van der Waals surface area contributed by atoms with Gasteiger partial charge in [0, 0.05) is 17.5 Å². The van der Waals surface area contributed by atoms with Crippen LogP contribution in [0.15, 0.2) is 76.7 Å². The molecule has 0 saturated carbocycles. The first-order valence-corrected chi connectivity index (χ1v) is 10.6. The summed E-state index contributed by atoms with van der Waals surface area (Å²) in [6.07, 6.45) is 2.73. The van der Waals surface area contributed by atoms with Crippen molar-refractivity contribution in [3.8, 4) is 11.3 Å². The molecule has 0 radical (unpaired) electrons. The van der Waals surface area contributed by atoms with Crippen LogP contribution in [-0.2, 0) is 16.4 Å². The first-order chi connectivity index (χ1) is 14.3. The number of aliphatic hydroxyl groups is 1. The van der Waals surface area contributed by atoms with E-state index < -0.39 is 16.3 Å². The summed E-state index contributed by atoms with van der Waals surface area (Å²) in [6, 6.07) is 15.9. The van der Waals surface area contributed by atoms with E-state index in [1.54, 1.807) is 18.2 Å². The second kappa shape index (κ2) is 7.75. The molecule has 0 fully saturated rings. The standard InChI is InChI=1S/C20H20N6O3S/c21-20-16(12-13-6-8-15(9-7-13)30(22,28)29)19(14-4-2-1-3-5-14)25-26(20)17-10-11-18(27)24-23-17/h1-11,18,24,27H,12,21H2,(H2,22,28,29). The van der Waals surface area contributed by atoms with Crippen LogP contribution in [0.3, 0.4) is 0 Å². The molecule has 154 valence electrons. The molecule has 2 heterocycles. The highest BCUT2D eigenvalue weighted by Crippen LogP contribution is 2.30. The summed E-state index contributed by atoms with van der Waals surface area (Å²) in [5, 5.41) is 23.5. The Morgan fingerprint density at radius 2 is 1.80 bits per heavy atom. The largest absolute Gasteiger partial charge is 0.383 e. The number of benzene rings is 2. The first-order valence-electron chi connectivity index (χ1n) is 9.07. The summed E-state index contributed by atoms with van der Waals surface area (Å²) >= 11 is 0. The van der Waals surface area contributed by atoms with Crippen LogP contribution >= 0.6 is 0 Å². The number of aliphatic hydroxyl groups excluding tert-OH is 1. The summed E-state index contributed by atoms with van der Waals surface area (Å²) in [5.41, 5.74) is 12.2. The van der Waals surface area contributed by atoms with Crippen LogP contribution in [-0.4, -0.2) is 35.4 Å². The van der Waals surface area contributed by atoms with Crippen molar-refractivity contribution < 1.29 is 13.5 Å². The fourth-order valence-corrected chi connectivity index (χ4v) is 3.66. The molecule has 0 spiro atoms. The van der Waals surface area contributed by atoms with Crippen molar-refractivity contribution in [3.63, 3.8) is 0 Å². The molecular formula is C20H20N6O3S. The predicted molar refractivity (Wildman–Crippen MR) is 114 cm³/mol. The van der Waals surface area contributed by atoms with Crippen molar-refractivity contribution in [3.05, 3.63) is 77.9 Å². The zero-order valence-corrected chi connectivity index (χ0v) is 16.6. The highest BCUT2D eigenvalue weighted by atomic mass is 32.2. The van der Waals surface area contributed by atoms with E-state index >= 15 is 0 Å². The molecule has 1 atom stereocenters. The number of aromatic nitrogens is 2. The number of rotatable bonds is 4. The Kier molecular flexibility index (Phi) is 5.12. The van der Waals surface area contributed by atoms with Gasteiger partial charge in [-0.3, -0.25) is 5.43 Å². The van der Waals surface area contributed by atoms with E-state index in [1.165, 1.54) is 22.9 Å². The maximum Gasteiger partial charge on any atom is 0.238 e. The number of nitrogen functional groups attached to an aromatic ring is 1. The lowest BCUT2D eigenvalue weighted by atomic mass is 10.0. The van der Waals surface area contributed by atoms with Gasteiger partial charge in [-0.15, -0.1) is 0 Å². The maximum absolute atomic E-state index is 11.5. The third-order valence-electron chi connectivity index (χ3n) is 4.66. The van der Waals surface area contributed by atoms with E-state index in [2.05, 4.69) is 15.6 Å². The number of sulfonamides is 1. The zero-order chi connectivity index (χ0) is 21.3. The number of anilines is 1. The van der Waals surface area contributed by atoms with Crippen LogP contribution in [0.4, 0.5) is 5.82 Å². The smallest absolute Gasteiger partial charge is 0.238 e. The minimum atomic E-state index is -3.76. The Balaban J connectivity index is 1.77. The Bertz CT molecular complexity index is 1230. The zero-order valence-electron chi connectivity index (χ0n) is 15.8. The quantitative estimate of drug-likeness (QED) is 0.491. The molecule has 9 nitrogen and oxygen atoms in total. The molecule has 1 unspecified atom stereocenters. The van der Waals surface area contributed by atoms with E-state index in [9.17, 15) is 13.5 Å².